The predicted octanol–water partition coefficient (Wildman–Crippen LogP) is 2.49. The first kappa shape index (κ1) is 18.4. The van der Waals surface area contributed by atoms with Gasteiger partial charge in [-0.15, -0.1) is 0 Å². The Labute approximate surface area is 149 Å². The molecule has 1 aromatic rings. The molecule has 3 rings (SSSR count). The van der Waals surface area contributed by atoms with E-state index in [0.717, 1.165) is 24.1 Å². The molecule has 2 aliphatic rings. The molecule has 1 aliphatic heterocycles. The summed E-state index contributed by atoms with van der Waals surface area (Å²) in [5.41, 5.74) is 2.04. The van der Waals surface area contributed by atoms with E-state index in [2.05, 4.69) is 10.4 Å². The highest BCUT2D eigenvalue weighted by Gasteiger charge is 2.36. The lowest BCUT2D eigenvalue weighted by atomic mass is 9.80. The van der Waals surface area contributed by atoms with Gasteiger partial charge >= 0.3 is 0 Å². The summed E-state index contributed by atoms with van der Waals surface area (Å²) in [6.45, 7) is 4.15. The van der Waals surface area contributed by atoms with E-state index in [1.807, 2.05) is 13.1 Å². The average molecular weight is 349 g/mol. The SMILES string of the molecule is CC(=O)N[C@H]1C[C@@H](c2cn(CCO)nc2C)O[C@@H](C2CCCCC2)C1. The summed E-state index contributed by atoms with van der Waals surface area (Å²) < 4.78 is 8.31. The van der Waals surface area contributed by atoms with E-state index in [4.69, 9.17) is 9.84 Å². The fourth-order valence-electron chi connectivity index (χ4n) is 4.44. The number of nitrogens with one attached hydrogen (secondary N) is 1. The summed E-state index contributed by atoms with van der Waals surface area (Å²) in [6, 6.07) is 0.156. The number of carbonyl (C=O) groups is 1. The number of aliphatic hydroxyl groups is 1. The van der Waals surface area contributed by atoms with Crippen LogP contribution in [0.2, 0.25) is 0 Å². The minimum absolute atomic E-state index is 0.0285. The van der Waals surface area contributed by atoms with Gasteiger partial charge in [0.15, 0.2) is 0 Å². The fraction of sp³-hybridized carbons (Fsp3) is 0.789. The summed E-state index contributed by atoms with van der Waals surface area (Å²) in [5.74, 6) is 0.626. The maximum absolute atomic E-state index is 11.6. The third kappa shape index (κ3) is 4.61. The van der Waals surface area contributed by atoms with E-state index in [9.17, 15) is 4.79 Å². The van der Waals surface area contributed by atoms with Crippen molar-refractivity contribution >= 4 is 5.91 Å². The van der Waals surface area contributed by atoms with Gasteiger partial charge in [-0.1, -0.05) is 19.3 Å². The van der Waals surface area contributed by atoms with Crippen molar-refractivity contribution in [1.82, 2.24) is 15.1 Å². The lowest BCUT2D eigenvalue weighted by Gasteiger charge is -2.40. The van der Waals surface area contributed by atoms with Gasteiger partial charge in [0, 0.05) is 24.7 Å². The highest BCUT2D eigenvalue weighted by molar-refractivity contribution is 5.73. The van der Waals surface area contributed by atoms with Crippen LogP contribution >= 0.6 is 0 Å². The van der Waals surface area contributed by atoms with Crippen LogP contribution in [0.25, 0.3) is 0 Å². The molecule has 3 atom stereocenters. The van der Waals surface area contributed by atoms with Crippen LogP contribution in [-0.4, -0.2) is 39.5 Å². The van der Waals surface area contributed by atoms with Crippen LogP contribution in [0.3, 0.4) is 0 Å². The van der Waals surface area contributed by atoms with Gasteiger partial charge in [0.2, 0.25) is 5.91 Å². The molecule has 2 fully saturated rings. The molecule has 1 aliphatic carbocycles. The van der Waals surface area contributed by atoms with Crippen molar-refractivity contribution in [1.29, 1.82) is 0 Å². The molecule has 6 heteroatoms. The maximum atomic E-state index is 11.6. The third-order valence-electron chi connectivity index (χ3n) is 5.60. The van der Waals surface area contributed by atoms with Crippen molar-refractivity contribution in [3.8, 4) is 0 Å². The Kier molecular flexibility index (Phi) is 6.12. The monoisotopic (exact) mass is 349 g/mol. The molecule has 0 bridgehead atoms. The van der Waals surface area contributed by atoms with Crippen molar-refractivity contribution < 1.29 is 14.6 Å². The Hall–Kier alpha value is -1.40. The van der Waals surface area contributed by atoms with Gasteiger partial charge in [0.05, 0.1) is 31.1 Å². The number of amides is 1. The predicted molar refractivity (Wildman–Crippen MR) is 95.1 cm³/mol. The Morgan fingerprint density at radius 3 is 2.80 bits per heavy atom. The van der Waals surface area contributed by atoms with Crippen molar-refractivity contribution in [2.45, 2.75) is 83.6 Å². The number of nitrogens with zero attached hydrogens (tertiary/aromatic N) is 2. The van der Waals surface area contributed by atoms with Gasteiger partial charge < -0.3 is 15.2 Å². The fourth-order valence-corrected chi connectivity index (χ4v) is 4.44. The molecular weight excluding hydrogens is 318 g/mol. The Morgan fingerprint density at radius 2 is 2.12 bits per heavy atom. The zero-order chi connectivity index (χ0) is 17.8. The Morgan fingerprint density at radius 1 is 1.36 bits per heavy atom. The van der Waals surface area contributed by atoms with E-state index >= 15 is 0 Å². The summed E-state index contributed by atoms with van der Waals surface area (Å²) in [7, 11) is 0. The molecule has 25 heavy (non-hydrogen) atoms. The zero-order valence-corrected chi connectivity index (χ0v) is 15.4. The topological polar surface area (TPSA) is 76.4 Å². The highest BCUT2D eigenvalue weighted by Crippen LogP contribution is 2.39. The number of carbonyl (C=O) groups excluding carboxylic acids is 1. The summed E-state index contributed by atoms with van der Waals surface area (Å²) in [5, 5.41) is 16.7. The number of aryl methyl sites for hydroxylation is 1. The van der Waals surface area contributed by atoms with Crippen LogP contribution < -0.4 is 5.32 Å². The molecule has 0 spiro atoms. The van der Waals surface area contributed by atoms with E-state index in [0.29, 0.717) is 12.5 Å². The van der Waals surface area contributed by atoms with E-state index in [1.165, 1.54) is 32.1 Å². The van der Waals surface area contributed by atoms with Crippen molar-refractivity contribution in [2.75, 3.05) is 6.61 Å². The van der Waals surface area contributed by atoms with E-state index in [1.54, 1.807) is 11.6 Å². The largest absolute Gasteiger partial charge is 0.394 e. The number of hydrogen-bond donors (Lipinski definition) is 2. The summed E-state index contributed by atoms with van der Waals surface area (Å²) in [4.78, 5) is 11.6. The van der Waals surface area contributed by atoms with Gasteiger partial charge in [-0.25, -0.2) is 0 Å². The molecule has 140 valence electrons. The van der Waals surface area contributed by atoms with Crippen LogP contribution in [0.4, 0.5) is 0 Å². The summed E-state index contributed by atoms with van der Waals surface area (Å²) >= 11 is 0. The van der Waals surface area contributed by atoms with Gasteiger partial charge in [-0.3, -0.25) is 9.48 Å². The Bertz CT molecular complexity index is 580. The maximum Gasteiger partial charge on any atom is 0.217 e. The van der Waals surface area contributed by atoms with E-state index in [-0.39, 0.29) is 30.8 Å². The number of hydrogen-bond acceptors (Lipinski definition) is 4. The van der Waals surface area contributed by atoms with Crippen LogP contribution in [0.1, 0.15) is 69.2 Å². The molecule has 0 unspecified atom stereocenters. The molecule has 1 aromatic heterocycles. The van der Waals surface area contributed by atoms with Crippen LogP contribution in [-0.2, 0) is 16.1 Å². The number of aromatic nitrogens is 2. The van der Waals surface area contributed by atoms with Gasteiger partial charge in [-0.05, 0) is 38.5 Å². The lowest BCUT2D eigenvalue weighted by Crippen LogP contribution is -2.44. The third-order valence-corrected chi connectivity index (χ3v) is 5.60. The smallest absolute Gasteiger partial charge is 0.217 e. The van der Waals surface area contributed by atoms with Gasteiger partial charge in [0.25, 0.3) is 0 Å². The first-order valence-corrected chi connectivity index (χ1v) is 9.64. The molecule has 1 saturated heterocycles. The molecule has 6 nitrogen and oxygen atoms in total. The van der Waals surface area contributed by atoms with E-state index < -0.39 is 0 Å². The summed E-state index contributed by atoms with van der Waals surface area (Å²) in [6.07, 6.45) is 10.2. The molecule has 1 saturated carbocycles. The molecule has 0 aromatic carbocycles. The molecule has 2 N–H and O–H groups in total. The van der Waals surface area contributed by atoms with Gasteiger partial charge in [-0.2, -0.15) is 5.10 Å². The second-order valence-corrected chi connectivity index (χ2v) is 7.59. The molecule has 0 radical (unpaired) electrons. The highest BCUT2D eigenvalue weighted by atomic mass is 16.5. The first-order chi connectivity index (χ1) is 12.1. The van der Waals surface area contributed by atoms with Crippen LogP contribution in [0.5, 0.6) is 0 Å². The van der Waals surface area contributed by atoms with Crippen molar-refractivity contribution in [3.05, 3.63) is 17.5 Å². The minimum atomic E-state index is -0.0371. The second kappa shape index (κ2) is 8.32. The number of aliphatic hydroxyl groups excluding tert-OH is 1. The molecular formula is C19H31N3O3. The Balaban J connectivity index is 1.77. The van der Waals surface area contributed by atoms with Crippen molar-refractivity contribution in [2.24, 2.45) is 5.92 Å². The number of rotatable bonds is 5. The second-order valence-electron chi connectivity index (χ2n) is 7.59. The standard InChI is InChI=1S/C19H31N3O3/c1-13-17(12-22(21-13)8-9-23)19-11-16(20-14(2)24)10-18(25-19)15-6-4-3-5-7-15/h12,15-16,18-19,23H,3-11H2,1-2H3,(H,20,24)/t16-,18-,19+/m1/s1. The van der Waals surface area contributed by atoms with Crippen molar-refractivity contribution in [3.63, 3.8) is 0 Å². The molecule has 2 heterocycles. The zero-order valence-electron chi connectivity index (χ0n) is 15.4. The number of ether oxygens (including phenoxy) is 1. The quantitative estimate of drug-likeness (QED) is 0.856. The van der Waals surface area contributed by atoms with Crippen LogP contribution in [0, 0.1) is 12.8 Å². The van der Waals surface area contributed by atoms with Crippen LogP contribution in [0.15, 0.2) is 6.20 Å². The lowest BCUT2D eigenvalue weighted by molar-refractivity contribution is -0.124. The minimum Gasteiger partial charge on any atom is -0.394 e. The average Bonchev–Trinajstić information content (AvgIpc) is 2.95. The normalized spacial score (nSPS) is 28.0. The van der Waals surface area contributed by atoms with Gasteiger partial charge in [0.1, 0.15) is 0 Å². The first-order valence-electron chi connectivity index (χ1n) is 9.64. The molecule has 1 amide bonds.